The second-order valence-corrected chi connectivity index (χ2v) is 15.7. The molecule has 1 unspecified atom stereocenters. The monoisotopic (exact) mass is 766 g/mol. The van der Waals surface area contributed by atoms with Gasteiger partial charge < -0.3 is 9.80 Å². The summed E-state index contributed by atoms with van der Waals surface area (Å²) in [6, 6.07) is 81.7. The minimum absolute atomic E-state index is 0.106. The fourth-order valence-corrected chi connectivity index (χ4v) is 9.40. The Labute approximate surface area is 351 Å². The highest BCUT2D eigenvalue weighted by atomic mass is 15.1. The molecular weight excluding hydrogens is 725 g/mol. The van der Waals surface area contributed by atoms with E-state index in [4.69, 9.17) is 0 Å². The molecular formula is C58H42N2. The molecule has 2 nitrogen and oxygen atoms in total. The molecule has 0 fully saturated rings. The smallest absolute Gasteiger partial charge is 0.0468 e. The molecule has 0 bridgehead atoms. The molecule has 60 heavy (non-hydrogen) atoms. The Kier molecular flexibility index (Phi) is 9.02. The SMILES string of the molecule is C1=C2C(c3ccc4ccccc4c3)=c3ccc(N(c4ccccc4)c4ccccc4)cc3=C(c3ccc4ccccc4c3)C2CC=C1N(c1ccccc1)c1ccccc1. The van der Waals surface area contributed by atoms with Crippen molar-refractivity contribution < 1.29 is 0 Å². The van der Waals surface area contributed by atoms with E-state index in [0.29, 0.717) is 0 Å². The van der Waals surface area contributed by atoms with Gasteiger partial charge in [-0.1, -0.05) is 158 Å². The van der Waals surface area contributed by atoms with Gasteiger partial charge in [-0.15, -0.1) is 0 Å². The fourth-order valence-electron chi connectivity index (χ4n) is 9.40. The van der Waals surface area contributed by atoms with Crippen molar-refractivity contribution in [2.75, 3.05) is 9.80 Å². The highest BCUT2D eigenvalue weighted by Crippen LogP contribution is 2.45. The summed E-state index contributed by atoms with van der Waals surface area (Å²) in [5.41, 5.74) is 13.3. The van der Waals surface area contributed by atoms with Gasteiger partial charge >= 0.3 is 0 Å². The van der Waals surface area contributed by atoms with Crippen LogP contribution in [0.3, 0.4) is 0 Å². The van der Waals surface area contributed by atoms with Gasteiger partial charge in [-0.05, 0) is 145 Å². The molecule has 1 atom stereocenters. The molecule has 0 aromatic heterocycles. The van der Waals surface area contributed by atoms with Crippen molar-refractivity contribution in [1.29, 1.82) is 0 Å². The first kappa shape index (κ1) is 35.5. The number of benzene rings is 9. The Balaban J connectivity index is 1.23. The molecule has 0 radical (unpaired) electrons. The minimum Gasteiger partial charge on any atom is -0.311 e. The summed E-state index contributed by atoms with van der Waals surface area (Å²) in [6.45, 7) is 0. The van der Waals surface area contributed by atoms with Gasteiger partial charge in [0.15, 0.2) is 0 Å². The molecule has 9 aromatic rings. The third kappa shape index (κ3) is 6.40. The average molecular weight is 767 g/mol. The van der Waals surface area contributed by atoms with E-state index in [1.54, 1.807) is 0 Å². The lowest BCUT2D eigenvalue weighted by Gasteiger charge is -2.36. The lowest BCUT2D eigenvalue weighted by atomic mass is 9.71. The van der Waals surface area contributed by atoms with Crippen molar-refractivity contribution in [2.24, 2.45) is 5.92 Å². The third-order valence-corrected chi connectivity index (χ3v) is 12.1. The molecule has 284 valence electrons. The average Bonchev–Trinajstić information content (AvgIpc) is 3.32. The molecule has 0 heterocycles. The summed E-state index contributed by atoms with van der Waals surface area (Å²) in [6.07, 6.45) is 5.79. The minimum atomic E-state index is 0.106. The van der Waals surface area contributed by atoms with Crippen molar-refractivity contribution in [3.63, 3.8) is 0 Å². The van der Waals surface area contributed by atoms with Crippen LogP contribution in [-0.4, -0.2) is 0 Å². The van der Waals surface area contributed by atoms with Crippen LogP contribution in [0.25, 0.3) is 32.7 Å². The molecule has 9 aromatic carbocycles. The highest BCUT2D eigenvalue weighted by molar-refractivity contribution is 5.95. The Morgan fingerprint density at radius 1 is 0.350 bits per heavy atom. The quantitative estimate of drug-likeness (QED) is 0.152. The van der Waals surface area contributed by atoms with Crippen molar-refractivity contribution in [3.8, 4) is 0 Å². The molecule has 0 saturated carbocycles. The van der Waals surface area contributed by atoms with Gasteiger partial charge in [-0.25, -0.2) is 0 Å². The number of fused-ring (bicyclic) bond motifs is 4. The summed E-state index contributed by atoms with van der Waals surface area (Å²) < 4.78 is 0. The topological polar surface area (TPSA) is 6.48 Å². The first-order chi connectivity index (χ1) is 29.8. The van der Waals surface area contributed by atoms with Crippen LogP contribution in [0.15, 0.2) is 248 Å². The molecule has 0 saturated heterocycles. The lowest BCUT2D eigenvalue weighted by Crippen LogP contribution is -2.39. The summed E-state index contributed by atoms with van der Waals surface area (Å²) in [7, 11) is 0. The predicted molar refractivity (Wildman–Crippen MR) is 253 cm³/mol. The van der Waals surface area contributed by atoms with E-state index >= 15 is 0 Å². The predicted octanol–water partition coefficient (Wildman–Crippen LogP) is 13.5. The van der Waals surface area contributed by atoms with Crippen LogP contribution in [0, 0.1) is 5.92 Å². The van der Waals surface area contributed by atoms with E-state index < -0.39 is 0 Å². The normalized spacial score (nSPS) is 14.6. The molecule has 0 spiro atoms. The van der Waals surface area contributed by atoms with Crippen molar-refractivity contribution in [1.82, 2.24) is 0 Å². The van der Waals surface area contributed by atoms with Gasteiger partial charge in [0, 0.05) is 40.1 Å². The van der Waals surface area contributed by atoms with Crippen molar-refractivity contribution in [3.05, 3.63) is 269 Å². The van der Waals surface area contributed by atoms with Crippen molar-refractivity contribution >= 4 is 61.1 Å². The number of allylic oxidation sites excluding steroid dienone is 3. The number of rotatable bonds is 8. The third-order valence-electron chi connectivity index (χ3n) is 12.1. The van der Waals surface area contributed by atoms with Crippen LogP contribution in [0.2, 0.25) is 0 Å². The summed E-state index contributed by atoms with van der Waals surface area (Å²) in [5, 5.41) is 7.49. The first-order valence-electron chi connectivity index (χ1n) is 20.9. The van der Waals surface area contributed by atoms with Gasteiger partial charge in [0.1, 0.15) is 0 Å². The van der Waals surface area contributed by atoms with E-state index in [1.807, 2.05) is 0 Å². The van der Waals surface area contributed by atoms with E-state index in [-0.39, 0.29) is 5.92 Å². The van der Waals surface area contributed by atoms with Crippen LogP contribution in [0.4, 0.5) is 28.4 Å². The van der Waals surface area contributed by atoms with Gasteiger partial charge in [0.05, 0.1) is 0 Å². The Hall–Kier alpha value is -7.68. The highest BCUT2D eigenvalue weighted by Gasteiger charge is 2.33. The Morgan fingerprint density at radius 2 is 0.817 bits per heavy atom. The molecule has 2 aliphatic carbocycles. The summed E-state index contributed by atoms with van der Waals surface area (Å²) in [5.74, 6) is 0.106. The fraction of sp³-hybridized carbons (Fsp3) is 0.0345. The second-order valence-electron chi connectivity index (χ2n) is 15.7. The maximum absolute atomic E-state index is 2.48. The van der Waals surface area contributed by atoms with Crippen molar-refractivity contribution in [2.45, 2.75) is 6.42 Å². The van der Waals surface area contributed by atoms with E-state index in [0.717, 1.165) is 34.9 Å². The zero-order valence-electron chi connectivity index (χ0n) is 33.2. The van der Waals surface area contributed by atoms with Crippen LogP contribution in [-0.2, 0) is 0 Å². The number of nitrogens with zero attached hydrogens (tertiary/aromatic N) is 2. The molecule has 0 amide bonds. The maximum atomic E-state index is 2.48. The van der Waals surface area contributed by atoms with Gasteiger partial charge in [-0.3, -0.25) is 0 Å². The number of hydrogen-bond donors (Lipinski definition) is 0. The van der Waals surface area contributed by atoms with Gasteiger partial charge in [0.25, 0.3) is 0 Å². The zero-order valence-corrected chi connectivity index (χ0v) is 33.2. The largest absolute Gasteiger partial charge is 0.311 e. The maximum Gasteiger partial charge on any atom is 0.0468 e. The molecule has 0 aliphatic heterocycles. The number of anilines is 5. The molecule has 2 aliphatic rings. The van der Waals surface area contributed by atoms with E-state index in [1.165, 1.54) is 65.5 Å². The summed E-state index contributed by atoms with van der Waals surface area (Å²) in [4.78, 5) is 4.79. The first-order valence-corrected chi connectivity index (χ1v) is 20.9. The van der Waals surface area contributed by atoms with Crippen LogP contribution in [0.1, 0.15) is 17.5 Å². The number of para-hydroxylation sites is 4. The Bertz CT molecular complexity index is 3140. The zero-order chi connectivity index (χ0) is 39.8. The van der Waals surface area contributed by atoms with E-state index in [2.05, 4.69) is 246 Å². The van der Waals surface area contributed by atoms with E-state index in [9.17, 15) is 0 Å². The Morgan fingerprint density at radius 3 is 1.37 bits per heavy atom. The van der Waals surface area contributed by atoms with Crippen LogP contribution >= 0.6 is 0 Å². The molecule has 11 rings (SSSR count). The molecule has 0 N–H and O–H groups in total. The van der Waals surface area contributed by atoms with Gasteiger partial charge in [0.2, 0.25) is 0 Å². The van der Waals surface area contributed by atoms with Gasteiger partial charge in [-0.2, -0.15) is 0 Å². The van der Waals surface area contributed by atoms with Crippen LogP contribution in [0.5, 0.6) is 0 Å². The standard InChI is InChI=1S/C58H42N2/c1-5-21-47(22-6-1)59(48-23-7-2-8-24-48)51-33-35-53-55(39-51)57(45-31-29-41-17-13-15-19-43(41)37-45)54-36-34-52(60(49-25-9-3-10-26-49)50-27-11-4-12-28-50)40-56(54)58(53)46-32-30-42-18-14-16-20-44(42)38-46/h1-35,37-40,54H,36H2. The summed E-state index contributed by atoms with van der Waals surface area (Å²) >= 11 is 0. The number of hydrogen-bond acceptors (Lipinski definition) is 2. The molecule has 2 heteroatoms. The van der Waals surface area contributed by atoms with Crippen LogP contribution < -0.4 is 20.2 Å². The second kappa shape index (κ2) is 15.2. The lowest BCUT2D eigenvalue weighted by molar-refractivity contribution is 0.786.